The van der Waals surface area contributed by atoms with Gasteiger partial charge in [0.1, 0.15) is 52.6 Å². The fourth-order valence-corrected chi connectivity index (χ4v) is 3.71. The van der Waals surface area contributed by atoms with Crippen molar-refractivity contribution in [3.63, 3.8) is 0 Å². The van der Waals surface area contributed by atoms with Crippen molar-refractivity contribution in [2.75, 3.05) is 20.8 Å². The van der Waals surface area contributed by atoms with Crippen LogP contribution in [0.25, 0.3) is 22.3 Å². The second-order valence-electron chi connectivity index (χ2n) is 7.68. The first-order valence-electron chi connectivity index (χ1n) is 10.3. The highest BCUT2D eigenvalue weighted by molar-refractivity contribution is 5.86. The molecule has 0 spiro atoms. The molecule has 5 atom stereocenters. The van der Waals surface area contributed by atoms with Crippen molar-refractivity contribution in [3.05, 3.63) is 46.6 Å². The molecule has 182 valence electrons. The third kappa shape index (κ3) is 4.27. The first kappa shape index (κ1) is 23.8. The standard InChI is InChI=1S/C23H24O11/c1-30-11-6-16-19(13(26)8-15(32-16)10-3-4-14(31-2)12(25)5-10)17(7-11)33-23-22(29)21(28)20(27)18(9-24)34-23/h3-8,18,20-25,27-29H,9H2,1-2H3/t18-,20-,21+,22-,23+/m1/s1. The maximum atomic E-state index is 13.1. The molecule has 11 heteroatoms. The van der Waals surface area contributed by atoms with Crippen molar-refractivity contribution < 1.29 is 48.9 Å². The van der Waals surface area contributed by atoms with Gasteiger partial charge in [0.2, 0.25) is 6.29 Å². The molecule has 1 aromatic heterocycles. The second-order valence-corrected chi connectivity index (χ2v) is 7.68. The van der Waals surface area contributed by atoms with Gasteiger partial charge in [0.15, 0.2) is 16.9 Å². The molecule has 3 aromatic rings. The van der Waals surface area contributed by atoms with E-state index < -0.39 is 42.7 Å². The summed E-state index contributed by atoms with van der Waals surface area (Å²) in [5.74, 6) is 0.452. The Balaban J connectivity index is 1.78. The summed E-state index contributed by atoms with van der Waals surface area (Å²) >= 11 is 0. The zero-order valence-electron chi connectivity index (χ0n) is 18.2. The van der Waals surface area contributed by atoms with E-state index in [-0.39, 0.29) is 39.7 Å². The SMILES string of the molecule is COc1cc(O[C@H]2O[C@H](CO)[C@@H](O)[C@H](O)[C@H]2O)c2c(=O)cc(-c3ccc(OC)c(O)c3)oc2c1. The first-order valence-corrected chi connectivity index (χ1v) is 10.3. The lowest BCUT2D eigenvalue weighted by atomic mass is 9.99. The Morgan fingerprint density at radius 2 is 1.71 bits per heavy atom. The second kappa shape index (κ2) is 9.49. The average Bonchev–Trinajstić information content (AvgIpc) is 2.83. The van der Waals surface area contributed by atoms with Gasteiger partial charge in [-0.3, -0.25) is 4.79 Å². The number of aromatic hydroxyl groups is 1. The minimum atomic E-state index is -1.67. The number of hydrogen-bond acceptors (Lipinski definition) is 11. The fourth-order valence-electron chi connectivity index (χ4n) is 3.71. The Hall–Kier alpha value is -3.35. The quantitative estimate of drug-likeness (QED) is 0.333. The van der Waals surface area contributed by atoms with E-state index >= 15 is 0 Å². The normalized spacial score (nSPS) is 24.7. The lowest BCUT2D eigenvalue weighted by Crippen LogP contribution is -2.60. The minimum Gasteiger partial charge on any atom is -0.504 e. The molecule has 0 saturated carbocycles. The van der Waals surface area contributed by atoms with Crippen molar-refractivity contribution >= 4 is 11.0 Å². The van der Waals surface area contributed by atoms with Gasteiger partial charge in [-0.2, -0.15) is 0 Å². The Morgan fingerprint density at radius 3 is 2.35 bits per heavy atom. The van der Waals surface area contributed by atoms with Gasteiger partial charge in [-0.05, 0) is 18.2 Å². The molecule has 1 aliphatic heterocycles. The van der Waals surface area contributed by atoms with Crippen LogP contribution < -0.4 is 19.6 Å². The number of phenols is 1. The van der Waals surface area contributed by atoms with E-state index in [9.17, 15) is 30.3 Å². The monoisotopic (exact) mass is 476 g/mol. The highest BCUT2D eigenvalue weighted by Gasteiger charge is 2.45. The third-order valence-electron chi connectivity index (χ3n) is 5.56. The zero-order valence-corrected chi connectivity index (χ0v) is 18.2. The molecule has 0 radical (unpaired) electrons. The van der Waals surface area contributed by atoms with E-state index in [0.717, 1.165) is 0 Å². The predicted octanol–water partition coefficient (Wildman–Crippen LogP) is 0.361. The van der Waals surface area contributed by atoms with Crippen molar-refractivity contribution in [2.24, 2.45) is 0 Å². The summed E-state index contributed by atoms with van der Waals surface area (Å²) in [6.45, 7) is -0.635. The Kier molecular flexibility index (Phi) is 6.64. The molecule has 34 heavy (non-hydrogen) atoms. The fraction of sp³-hybridized carbons (Fsp3) is 0.348. The van der Waals surface area contributed by atoms with Crippen molar-refractivity contribution in [2.45, 2.75) is 30.7 Å². The van der Waals surface area contributed by atoms with E-state index in [1.54, 1.807) is 6.07 Å². The lowest BCUT2D eigenvalue weighted by Gasteiger charge is -2.39. The maximum absolute atomic E-state index is 13.1. The molecule has 1 saturated heterocycles. The summed E-state index contributed by atoms with van der Waals surface area (Å²) in [7, 11) is 2.80. The van der Waals surface area contributed by atoms with Crippen LogP contribution in [0.2, 0.25) is 0 Å². The van der Waals surface area contributed by atoms with Crippen LogP contribution in [-0.4, -0.2) is 77.1 Å². The van der Waals surface area contributed by atoms with Crippen molar-refractivity contribution in [1.29, 1.82) is 0 Å². The number of aliphatic hydroxyl groups excluding tert-OH is 4. The van der Waals surface area contributed by atoms with Crippen molar-refractivity contribution in [1.82, 2.24) is 0 Å². The van der Waals surface area contributed by atoms with Crippen LogP contribution in [0.15, 0.2) is 45.6 Å². The van der Waals surface area contributed by atoms with Crippen LogP contribution in [0.1, 0.15) is 0 Å². The van der Waals surface area contributed by atoms with E-state index in [2.05, 4.69) is 0 Å². The molecule has 1 fully saturated rings. The number of fused-ring (bicyclic) bond motifs is 1. The number of methoxy groups -OCH3 is 2. The topological polar surface area (TPSA) is 168 Å². The van der Waals surface area contributed by atoms with Gasteiger partial charge >= 0.3 is 0 Å². The van der Waals surface area contributed by atoms with Crippen LogP contribution in [0.5, 0.6) is 23.0 Å². The summed E-state index contributed by atoms with van der Waals surface area (Å²) < 4.78 is 27.3. The molecular formula is C23H24O11. The predicted molar refractivity (Wildman–Crippen MR) is 117 cm³/mol. The summed E-state index contributed by atoms with van der Waals surface area (Å²) in [5.41, 5.74) is -0.0120. The number of rotatable bonds is 6. The zero-order chi connectivity index (χ0) is 24.6. The lowest BCUT2D eigenvalue weighted by molar-refractivity contribution is -0.277. The summed E-state index contributed by atoms with van der Waals surface area (Å²) in [5, 5.41) is 49.8. The molecule has 0 aliphatic carbocycles. The molecule has 2 heterocycles. The third-order valence-corrected chi connectivity index (χ3v) is 5.56. The summed E-state index contributed by atoms with van der Waals surface area (Å²) in [4.78, 5) is 13.1. The van der Waals surface area contributed by atoms with Crippen LogP contribution in [0.4, 0.5) is 0 Å². The minimum absolute atomic E-state index is 0.000700. The van der Waals surface area contributed by atoms with Gasteiger partial charge in [0.25, 0.3) is 0 Å². The molecule has 4 rings (SSSR count). The molecule has 11 nitrogen and oxygen atoms in total. The van der Waals surface area contributed by atoms with Gasteiger partial charge < -0.3 is 48.9 Å². The molecule has 5 N–H and O–H groups in total. The van der Waals surface area contributed by atoms with Gasteiger partial charge in [-0.15, -0.1) is 0 Å². The Morgan fingerprint density at radius 1 is 0.941 bits per heavy atom. The maximum Gasteiger partial charge on any atom is 0.229 e. The number of ether oxygens (including phenoxy) is 4. The molecular weight excluding hydrogens is 452 g/mol. The molecule has 2 aromatic carbocycles. The van der Waals surface area contributed by atoms with Crippen LogP contribution in [0, 0.1) is 0 Å². The van der Waals surface area contributed by atoms with Gasteiger partial charge in [-0.25, -0.2) is 0 Å². The van der Waals surface area contributed by atoms with Gasteiger partial charge in [0, 0.05) is 23.8 Å². The Bertz CT molecular complexity index is 1240. The number of benzene rings is 2. The van der Waals surface area contributed by atoms with Gasteiger partial charge in [-0.1, -0.05) is 0 Å². The smallest absolute Gasteiger partial charge is 0.229 e. The van der Waals surface area contributed by atoms with E-state index in [1.807, 2.05) is 0 Å². The highest BCUT2D eigenvalue weighted by atomic mass is 16.7. The van der Waals surface area contributed by atoms with E-state index in [1.165, 1.54) is 44.6 Å². The molecule has 0 bridgehead atoms. The summed E-state index contributed by atoms with van der Waals surface area (Å²) in [6, 6.07) is 8.55. The Labute approximate surface area is 192 Å². The van der Waals surface area contributed by atoms with E-state index in [0.29, 0.717) is 5.56 Å². The number of aliphatic hydroxyl groups is 4. The van der Waals surface area contributed by atoms with Gasteiger partial charge in [0.05, 0.1) is 20.8 Å². The molecule has 0 unspecified atom stereocenters. The average molecular weight is 476 g/mol. The van der Waals surface area contributed by atoms with Crippen LogP contribution in [0.3, 0.4) is 0 Å². The molecule has 0 amide bonds. The molecule has 1 aliphatic rings. The number of phenolic OH excluding ortho intramolecular Hbond substituents is 1. The number of hydrogen-bond donors (Lipinski definition) is 5. The summed E-state index contributed by atoms with van der Waals surface area (Å²) in [6.07, 6.45) is -7.59. The largest absolute Gasteiger partial charge is 0.504 e. The van der Waals surface area contributed by atoms with E-state index in [4.69, 9.17) is 23.4 Å². The highest BCUT2D eigenvalue weighted by Crippen LogP contribution is 2.36. The van der Waals surface area contributed by atoms with Crippen molar-refractivity contribution in [3.8, 4) is 34.3 Å². The van der Waals surface area contributed by atoms with Crippen LogP contribution >= 0.6 is 0 Å². The van der Waals surface area contributed by atoms with Crippen LogP contribution in [-0.2, 0) is 4.74 Å². The first-order chi connectivity index (χ1) is 16.3.